The molecule has 0 saturated carbocycles. The molecule has 1 unspecified atom stereocenters. The van der Waals surface area contributed by atoms with Crippen LogP contribution in [0.4, 0.5) is 5.82 Å². The van der Waals surface area contributed by atoms with E-state index in [9.17, 15) is 0 Å². The number of anilines is 1. The van der Waals surface area contributed by atoms with Crippen molar-refractivity contribution in [2.45, 2.75) is 32.4 Å². The van der Waals surface area contributed by atoms with Crippen molar-refractivity contribution < 1.29 is 0 Å². The Labute approximate surface area is 131 Å². The number of hydrogen-bond donors (Lipinski definition) is 1. The molecule has 0 bridgehead atoms. The van der Waals surface area contributed by atoms with Crippen LogP contribution in [-0.4, -0.2) is 22.0 Å². The first-order chi connectivity index (χ1) is 10.2. The minimum absolute atomic E-state index is 0.144. The lowest BCUT2D eigenvalue weighted by Gasteiger charge is -2.28. The van der Waals surface area contributed by atoms with Crippen LogP contribution in [0.2, 0.25) is 0 Å². The van der Waals surface area contributed by atoms with E-state index in [0.717, 1.165) is 36.7 Å². The van der Waals surface area contributed by atoms with Crippen molar-refractivity contribution in [1.29, 1.82) is 0 Å². The number of hydrogen-bond acceptors (Lipinski definition) is 5. The van der Waals surface area contributed by atoms with Crippen molar-refractivity contribution in [3.05, 3.63) is 39.2 Å². The van der Waals surface area contributed by atoms with E-state index < -0.39 is 0 Å². The summed E-state index contributed by atoms with van der Waals surface area (Å²) in [7, 11) is 0. The molecule has 0 amide bonds. The highest BCUT2D eigenvalue weighted by molar-refractivity contribution is 7.15. The second kappa shape index (κ2) is 5.12. The number of thiophene rings is 1. The van der Waals surface area contributed by atoms with Gasteiger partial charge in [-0.25, -0.2) is 4.98 Å². The number of fused-ring (bicyclic) bond motifs is 2. The van der Waals surface area contributed by atoms with Gasteiger partial charge in [-0.05, 0) is 30.4 Å². The summed E-state index contributed by atoms with van der Waals surface area (Å²) < 4.78 is 2.20. The monoisotopic (exact) mass is 318 g/mol. The Bertz CT molecular complexity index is 768. The lowest BCUT2D eigenvalue weighted by Crippen LogP contribution is -2.31. The van der Waals surface area contributed by atoms with E-state index in [1.54, 1.807) is 11.3 Å². The van der Waals surface area contributed by atoms with E-state index in [2.05, 4.69) is 39.2 Å². The van der Waals surface area contributed by atoms with Crippen LogP contribution in [0.15, 0.2) is 23.0 Å². The Balaban J connectivity index is 1.74. The van der Waals surface area contributed by atoms with Crippen LogP contribution in [0.1, 0.15) is 23.1 Å². The molecule has 0 aliphatic carbocycles. The largest absolute Gasteiger partial charge is 0.350 e. The number of nitrogens with zero attached hydrogens (tertiary/aromatic N) is 3. The molecule has 4 heterocycles. The van der Waals surface area contributed by atoms with Gasteiger partial charge in [-0.15, -0.1) is 22.7 Å². The smallest absolute Gasteiger partial charge is 0.195 e. The quantitative estimate of drug-likeness (QED) is 0.808. The van der Waals surface area contributed by atoms with Crippen LogP contribution in [0, 0.1) is 0 Å². The number of rotatable bonds is 3. The van der Waals surface area contributed by atoms with Gasteiger partial charge in [-0.3, -0.25) is 4.40 Å². The molecular formula is C15H18N4S2. The summed E-state index contributed by atoms with van der Waals surface area (Å²) in [5.41, 5.74) is 8.75. The lowest BCUT2D eigenvalue weighted by molar-refractivity contribution is 0.694. The third kappa shape index (κ3) is 2.27. The van der Waals surface area contributed by atoms with Crippen LogP contribution in [-0.2, 0) is 19.4 Å². The summed E-state index contributed by atoms with van der Waals surface area (Å²) >= 11 is 3.56. The van der Waals surface area contributed by atoms with E-state index in [1.165, 1.54) is 16.1 Å². The maximum Gasteiger partial charge on any atom is 0.195 e. The molecule has 4 rings (SSSR count). The van der Waals surface area contributed by atoms with E-state index in [1.807, 2.05) is 11.3 Å². The number of imidazole rings is 1. The SMILES string of the molecule is CC(N)Cc1c(N2CCc3sccc3C2)nc2sccn12. The minimum atomic E-state index is 0.144. The standard InChI is InChI=1S/C15H18N4S2/c1-10(16)8-12-14(17-15-19(12)5-7-21-15)18-4-2-13-11(9-18)3-6-20-13/h3,5-7,10H,2,4,8-9,16H2,1H3. The first-order valence-corrected chi connectivity index (χ1v) is 8.98. The summed E-state index contributed by atoms with van der Waals surface area (Å²) in [5.74, 6) is 1.12. The van der Waals surface area contributed by atoms with Gasteiger partial charge < -0.3 is 10.6 Å². The molecule has 2 N–H and O–H groups in total. The lowest BCUT2D eigenvalue weighted by atomic mass is 10.1. The molecule has 1 aliphatic rings. The van der Waals surface area contributed by atoms with E-state index >= 15 is 0 Å². The maximum atomic E-state index is 6.05. The van der Waals surface area contributed by atoms with Crippen LogP contribution in [0.25, 0.3) is 4.96 Å². The third-order valence-electron chi connectivity index (χ3n) is 3.96. The van der Waals surface area contributed by atoms with Gasteiger partial charge in [0.05, 0.1) is 5.69 Å². The van der Waals surface area contributed by atoms with Gasteiger partial charge in [-0.1, -0.05) is 0 Å². The molecule has 0 spiro atoms. The molecule has 4 nitrogen and oxygen atoms in total. The van der Waals surface area contributed by atoms with Gasteiger partial charge in [-0.2, -0.15) is 0 Å². The first-order valence-electron chi connectivity index (χ1n) is 7.22. The number of thiazole rings is 1. The highest BCUT2D eigenvalue weighted by Gasteiger charge is 2.24. The minimum Gasteiger partial charge on any atom is -0.350 e. The zero-order valence-corrected chi connectivity index (χ0v) is 13.6. The Morgan fingerprint density at radius 3 is 3.14 bits per heavy atom. The second-order valence-electron chi connectivity index (χ2n) is 5.66. The van der Waals surface area contributed by atoms with Gasteiger partial charge in [0.1, 0.15) is 0 Å². The van der Waals surface area contributed by atoms with Gasteiger partial charge >= 0.3 is 0 Å². The van der Waals surface area contributed by atoms with Gasteiger partial charge in [0, 0.05) is 42.0 Å². The van der Waals surface area contributed by atoms with Crippen LogP contribution < -0.4 is 10.6 Å². The van der Waals surface area contributed by atoms with Crippen molar-refractivity contribution in [1.82, 2.24) is 9.38 Å². The molecule has 1 aliphatic heterocycles. The molecule has 0 fully saturated rings. The summed E-state index contributed by atoms with van der Waals surface area (Å²) in [4.78, 5) is 9.87. The Hall–Kier alpha value is -1.37. The Kier molecular flexibility index (Phi) is 3.24. The summed E-state index contributed by atoms with van der Waals surface area (Å²) in [5, 5.41) is 4.28. The van der Waals surface area contributed by atoms with E-state index in [0.29, 0.717) is 0 Å². The zero-order valence-electron chi connectivity index (χ0n) is 12.0. The van der Waals surface area contributed by atoms with Crippen molar-refractivity contribution in [2.75, 3.05) is 11.4 Å². The highest BCUT2D eigenvalue weighted by atomic mass is 32.1. The second-order valence-corrected chi connectivity index (χ2v) is 7.53. The molecule has 0 saturated heterocycles. The van der Waals surface area contributed by atoms with Gasteiger partial charge in [0.15, 0.2) is 10.8 Å². The summed E-state index contributed by atoms with van der Waals surface area (Å²) in [6, 6.07) is 2.39. The molecule has 21 heavy (non-hydrogen) atoms. The van der Waals surface area contributed by atoms with E-state index in [4.69, 9.17) is 10.7 Å². The molecule has 110 valence electrons. The third-order valence-corrected chi connectivity index (χ3v) is 5.74. The average molecular weight is 318 g/mol. The Morgan fingerprint density at radius 1 is 1.38 bits per heavy atom. The predicted molar refractivity (Wildman–Crippen MR) is 89.5 cm³/mol. The summed E-state index contributed by atoms with van der Waals surface area (Å²) in [6.07, 6.45) is 4.09. The van der Waals surface area contributed by atoms with Crippen molar-refractivity contribution in [3.63, 3.8) is 0 Å². The normalized spacial score (nSPS) is 16.4. The predicted octanol–water partition coefficient (Wildman–Crippen LogP) is 2.91. The molecule has 0 radical (unpaired) electrons. The van der Waals surface area contributed by atoms with Crippen LogP contribution >= 0.6 is 22.7 Å². The van der Waals surface area contributed by atoms with Crippen molar-refractivity contribution in [3.8, 4) is 0 Å². The molecule has 1 atom stereocenters. The Morgan fingerprint density at radius 2 is 2.29 bits per heavy atom. The fourth-order valence-corrected chi connectivity index (χ4v) is 4.62. The molecular weight excluding hydrogens is 300 g/mol. The zero-order chi connectivity index (χ0) is 14.4. The molecule has 0 aromatic carbocycles. The van der Waals surface area contributed by atoms with Crippen molar-refractivity contribution in [2.24, 2.45) is 5.73 Å². The van der Waals surface area contributed by atoms with E-state index in [-0.39, 0.29) is 6.04 Å². The molecule has 3 aromatic rings. The highest BCUT2D eigenvalue weighted by Crippen LogP contribution is 2.31. The topological polar surface area (TPSA) is 46.6 Å². The maximum absolute atomic E-state index is 6.05. The van der Waals surface area contributed by atoms with Gasteiger partial charge in [0.2, 0.25) is 0 Å². The first kappa shape index (κ1) is 13.3. The van der Waals surface area contributed by atoms with Crippen molar-refractivity contribution >= 4 is 33.5 Å². The summed E-state index contributed by atoms with van der Waals surface area (Å²) in [6.45, 7) is 4.07. The molecule has 3 aromatic heterocycles. The molecule has 6 heteroatoms. The average Bonchev–Trinajstić information content (AvgIpc) is 3.14. The number of aromatic nitrogens is 2. The fourth-order valence-electron chi connectivity index (χ4n) is 3.00. The fraction of sp³-hybridized carbons (Fsp3) is 0.400. The van der Waals surface area contributed by atoms with Gasteiger partial charge in [0.25, 0.3) is 0 Å². The van der Waals surface area contributed by atoms with Crippen LogP contribution in [0.5, 0.6) is 0 Å². The van der Waals surface area contributed by atoms with Crippen LogP contribution in [0.3, 0.4) is 0 Å². The number of nitrogens with two attached hydrogens (primary N) is 1.